The van der Waals surface area contributed by atoms with Gasteiger partial charge >= 0.3 is 0 Å². The van der Waals surface area contributed by atoms with Crippen LogP contribution in [0.1, 0.15) is 33.1 Å². The van der Waals surface area contributed by atoms with Crippen LogP contribution in [0, 0.1) is 0 Å². The summed E-state index contributed by atoms with van der Waals surface area (Å²) in [4.78, 5) is 1.58. The van der Waals surface area contributed by atoms with Crippen LogP contribution in [-0.2, 0) is 4.74 Å². The molecular weight excluding hydrogens is 170 g/mol. The molecule has 0 amide bonds. The van der Waals surface area contributed by atoms with E-state index < -0.39 is 12.5 Å². The van der Waals surface area contributed by atoms with Crippen LogP contribution in [0.5, 0.6) is 0 Å². The van der Waals surface area contributed by atoms with Crippen LogP contribution < -0.4 is 0 Å². The largest absolute Gasteiger partial charge is 0.379 e. The van der Waals surface area contributed by atoms with Crippen LogP contribution in [0.3, 0.4) is 0 Å². The molecule has 0 aliphatic carbocycles. The van der Waals surface area contributed by atoms with Crippen LogP contribution >= 0.6 is 0 Å². The second-order valence-electron chi connectivity index (χ2n) is 3.53. The van der Waals surface area contributed by atoms with Gasteiger partial charge in [0.05, 0.1) is 0 Å². The molecule has 0 aromatic carbocycles. The van der Waals surface area contributed by atoms with Crippen molar-refractivity contribution >= 4 is 0 Å². The Morgan fingerprint density at radius 1 is 1.23 bits per heavy atom. The molecule has 0 aromatic heterocycles. The van der Waals surface area contributed by atoms with Crippen LogP contribution in [0.25, 0.3) is 0 Å². The topological polar surface area (TPSA) is 52.9 Å². The van der Waals surface area contributed by atoms with Gasteiger partial charge in [-0.25, -0.2) is 4.90 Å². The Morgan fingerprint density at radius 2 is 1.85 bits per heavy atom. The lowest BCUT2D eigenvalue weighted by atomic mass is 10.1. The second-order valence-corrected chi connectivity index (χ2v) is 3.53. The summed E-state index contributed by atoms with van der Waals surface area (Å²) in [5.74, 6) is 0. The van der Waals surface area contributed by atoms with E-state index in [-0.39, 0.29) is 6.23 Å². The van der Waals surface area contributed by atoms with Crippen LogP contribution in [-0.4, -0.2) is 40.4 Å². The molecule has 3 atom stereocenters. The van der Waals surface area contributed by atoms with E-state index in [9.17, 15) is 10.2 Å². The maximum absolute atomic E-state index is 9.42. The Balaban J connectivity index is 2.52. The lowest BCUT2D eigenvalue weighted by molar-refractivity contribution is -0.197. The second kappa shape index (κ2) is 4.91. The molecule has 0 spiro atoms. The first-order chi connectivity index (χ1) is 6.13. The maximum atomic E-state index is 9.42. The van der Waals surface area contributed by atoms with Crippen LogP contribution in [0.2, 0.25) is 0 Å². The fourth-order valence-electron chi connectivity index (χ4n) is 1.75. The van der Waals surface area contributed by atoms with Crippen molar-refractivity contribution < 1.29 is 14.9 Å². The zero-order valence-corrected chi connectivity index (χ0v) is 8.31. The molecule has 4 nitrogen and oxygen atoms in total. The van der Waals surface area contributed by atoms with Crippen molar-refractivity contribution in [2.75, 3.05) is 6.61 Å². The van der Waals surface area contributed by atoms with E-state index in [0.717, 1.165) is 25.9 Å². The molecule has 1 aliphatic heterocycles. The molecule has 1 rings (SSSR count). The molecule has 78 valence electrons. The highest BCUT2D eigenvalue weighted by Gasteiger charge is 2.27. The first kappa shape index (κ1) is 10.9. The predicted octanol–water partition coefficient (Wildman–Crippen LogP) is 0.492. The van der Waals surface area contributed by atoms with E-state index in [1.165, 1.54) is 0 Å². The van der Waals surface area contributed by atoms with E-state index in [4.69, 9.17) is 4.74 Å². The van der Waals surface area contributed by atoms with Gasteiger partial charge in [-0.15, -0.1) is 0 Å². The van der Waals surface area contributed by atoms with Gasteiger partial charge in [0.1, 0.15) is 18.7 Å². The molecular formula is C9H19NO3. The summed E-state index contributed by atoms with van der Waals surface area (Å²) in [7, 11) is 0. The number of hydrogen-bond acceptors (Lipinski definition) is 4. The van der Waals surface area contributed by atoms with Crippen molar-refractivity contribution in [2.24, 2.45) is 0 Å². The summed E-state index contributed by atoms with van der Waals surface area (Å²) in [5.41, 5.74) is 0. The summed E-state index contributed by atoms with van der Waals surface area (Å²) >= 11 is 0. The van der Waals surface area contributed by atoms with E-state index in [1.807, 2.05) is 0 Å². The molecule has 0 saturated carbocycles. The minimum Gasteiger partial charge on any atom is -0.379 e. The normalized spacial score (nSPS) is 28.8. The number of nitrogens with zero attached hydrogens (tertiary/aromatic N) is 1. The van der Waals surface area contributed by atoms with Gasteiger partial charge in [0.2, 0.25) is 0 Å². The third-order valence-electron chi connectivity index (χ3n) is 2.35. The Kier molecular flexibility index (Phi) is 4.12. The fourth-order valence-corrected chi connectivity index (χ4v) is 1.75. The van der Waals surface area contributed by atoms with Crippen molar-refractivity contribution in [1.82, 2.24) is 4.90 Å². The van der Waals surface area contributed by atoms with E-state index in [1.54, 1.807) is 18.7 Å². The molecule has 1 aliphatic rings. The number of aliphatic hydroxyl groups is 2. The van der Waals surface area contributed by atoms with E-state index in [2.05, 4.69) is 0 Å². The van der Waals surface area contributed by atoms with Crippen molar-refractivity contribution in [1.29, 1.82) is 0 Å². The van der Waals surface area contributed by atoms with Crippen molar-refractivity contribution in [3.05, 3.63) is 0 Å². The molecule has 1 heterocycles. The van der Waals surface area contributed by atoms with Gasteiger partial charge in [-0.05, 0) is 33.1 Å². The van der Waals surface area contributed by atoms with Gasteiger partial charge in [-0.1, -0.05) is 0 Å². The average Bonchev–Trinajstić information content (AvgIpc) is 2.04. The van der Waals surface area contributed by atoms with Gasteiger partial charge in [-0.3, -0.25) is 0 Å². The summed E-state index contributed by atoms with van der Waals surface area (Å²) in [6, 6.07) is 0. The number of hydrogen-bond donors (Lipinski definition) is 2. The lowest BCUT2D eigenvalue weighted by Gasteiger charge is -2.37. The minimum atomic E-state index is -0.664. The van der Waals surface area contributed by atoms with Crippen molar-refractivity contribution in [2.45, 2.75) is 51.8 Å². The van der Waals surface area contributed by atoms with Gasteiger partial charge < -0.3 is 14.9 Å². The minimum absolute atomic E-state index is 0.131. The Hall–Kier alpha value is -0.160. The molecule has 1 saturated heterocycles. The Morgan fingerprint density at radius 3 is 2.23 bits per heavy atom. The number of rotatable bonds is 3. The van der Waals surface area contributed by atoms with Crippen molar-refractivity contribution in [3.8, 4) is 0 Å². The summed E-state index contributed by atoms with van der Waals surface area (Å²) in [6.45, 7) is 4.01. The average molecular weight is 189 g/mol. The highest BCUT2D eigenvalue weighted by molar-refractivity contribution is 4.68. The Bertz CT molecular complexity index is 136. The SMILES string of the molecule is CC(O)N(C(C)O)C1CCCCO1. The summed E-state index contributed by atoms with van der Waals surface area (Å²) in [5, 5.41) is 18.8. The lowest BCUT2D eigenvalue weighted by Crippen LogP contribution is -2.49. The van der Waals surface area contributed by atoms with Crippen LogP contribution in [0.15, 0.2) is 0 Å². The highest BCUT2D eigenvalue weighted by atomic mass is 16.5. The quantitative estimate of drug-likeness (QED) is 0.634. The highest BCUT2D eigenvalue weighted by Crippen LogP contribution is 2.19. The molecule has 0 bridgehead atoms. The zero-order chi connectivity index (χ0) is 9.84. The first-order valence-electron chi connectivity index (χ1n) is 4.88. The molecule has 0 radical (unpaired) electrons. The summed E-state index contributed by atoms with van der Waals surface area (Å²) < 4.78 is 5.47. The van der Waals surface area contributed by atoms with Crippen LogP contribution in [0.4, 0.5) is 0 Å². The molecule has 2 N–H and O–H groups in total. The molecule has 0 aromatic rings. The summed E-state index contributed by atoms with van der Waals surface area (Å²) in [6.07, 6.45) is 1.60. The molecule has 1 fully saturated rings. The third kappa shape index (κ3) is 2.91. The first-order valence-corrected chi connectivity index (χ1v) is 4.88. The standard InChI is InChI=1S/C9H19NO3/c1-7(11)10(8(2)12)9-5-3-4-6-13-9/h7-9,11-12H,3-6H2,1-2H3. The third-order valence-corrected chi connectivity index (χ3v) is 2.35. The van der Waals surface area contributed by atoms with E-state index >= 15 is 0 Å². The molecule has 13 heavy (non-hydrogen) atoms. The number of aliphatic hydroxyl groups excluding tert-OH is 2. The van der Waals surface area contributed by atoms with Gasteiger partial charge in [-0.2, -0.15) is 0 Å². The number of ether oxygens (including phenoxy) is 1. The fraction of sp³-hybridized carbons (Fsp3) is 1.00. The van der Waals surface area contributed by atoms with Gasteiger partial charge in [0.25, 0.3) is 0 Å². The zero-order valence-electron chi connectivity index (χ0n) is 8.31. The molecule has 4 heteroatoms. The monoisotopic (exact) mass is 189 g/mol. The maximum Gasteiger partial charge on any atom is 0.114 e. The van der Waals surface area contributed by atoms with E-state index in [0.29, 0.717) is 0 Å². The van der Waals surface area contributed by atoms with Crippen molar-refractivity contribution in [3.63, 3.8) is 0 Å². The molecule has 3 unspecified atom stereocenters. The predicted molar refractivity (Wildman–Crippen MR) is 48.8 cm³/mol. The van der Waals surface area contributed by atoms with Gasteiger partial charge in [0, 0.05) is 6.61 Å². The Labute approximate surface area is 79.1 Å². The smallest absolute Gasteiger partial charge is 0.114 e. The van der Waals surface area contributed by atoms with Gasteiger partial charge in [0.15, 0.2) is 0 Å².